The highest BCUT2D eigenvalue weighted by molar-refractivity contribution is 7.99. The Balaban J connectivity index is 2.44. The van der Waals surface area contributed by atoms with Crippen LogP contribution in [0, 0.1) is 0 Å². The largest absolute Gasteiger partial charge is 0.385 e. The van der Waals surface area contributed by atoms with Crippen LogP contribution in [0.4, 0.5) is 0 Å². The highest BCUT2D eigenvalue weighted by Gasteiger charge is 2.24. The molecule has 0 aliphatic heterocycles. The van der Waals surface area contributed by atoms with Crippen LogP contribution >= 0.6 is 11.8 Å². The van der Waals surface area contributed by atoms with Gasteiger partial charge in [0.05, 0.1) is 17.5 Å². The summed E-state index contributed by atoms with van der Waals surface area (Å²) in [7, 11) is -0.215. The lowest BCUT2D eigenvalue weighted by molar-refractivity contribution is 0.159. The third kappa shape index (κ3) is 5.82. The van der Waals surface area contributed by atoms with Gasteiger partial charge in [0.25, 0.3) is 0 Å². The molecule has 0 spiro atoms. The summed E-state index contributed by atoms with van der Waals surface area (Å²) in [5, 5.41) is 9.55. The average Bonchev–Trinajstić information content (AvgIpc) is 3.16. The van der Waals surface area contributed by atoms with Crippen LogP contribution in [-0.4, -0.2) is 73.8 Å². The molecule has 0 aliphatic rings. The van der Waals surface area contributed by atoms with Gasteiger partial charge in [-0.05, 0) is 25.5 Å². The maximum atomic E-state index is 13.0. The summed E-state index contributed by atoms with van der Waals surface area (Å²) in [5.41, 5.74) is 0.711. The van der Waals surface area contributed by atoms with Crippen molar-refractivity contribution in [3.8, 4) is 11.4 Å². The van der Waals surface area contributed by atoms with Gasteiger partial charge in [-0.25, -0.2) is 8.42 Å². The summed E-state index contributed by atoms with van der Waals surface area (Å²) in [5.74, 6) is 1.48. The molecule has 0 fully saturated rings. The van der Waals surface area contributed by atoms with E-state index in [1.54, 1.807) is 44.2 Å². The molecule has 0 aliphatic carbocycles. The minimum absolute atomic E-state index is 0.00651. The summed E-state index contributed by atoms with van der Waals surface area (Å²) < 4.78 is 39.8. The summed E-state index contributed by atoms with van der Waals surface area (Å²) in [6, 6.07) is 6.90. The molecular formula is C20H32N4O4S2. The van der Waals surface area contributed by atoms with E-state index in [9.17, 15) is 8.42 Å². The molecule has 1 heterocycles. The van der Waals surface area contributed by atoms with E-state index in [-0.39, 0.29) is 10.9 Å². The SMILES string of the molecule is CCN(CC)S(=O)(=O)c1cccc(-c2nnc(SCCCOC)n2C(C)COC)c1. The van der Waals surface area contributed by atoms with Gasteiger partial charge < -0.3 is 9.47 Å². The number of methoxy groups -OCH3 is 2. The van der Waals surface area contributed by atoms with Crippen molar-refractivity contribution in [2.45, 2.75) is 43.3 Å². The lowest BCUT2D eigenvalue weighted by Gasteiger charge is -2.20. The molecule has 2 aromatic rings. The molecule has 30 heavy (non-hydrogen) atoms. The van der Waals surface area contributed by atoms with Gasteiger partial charge in [0, 0.05) is 45.2 Å². The van der Waals surface area contributed by atoms with Crippen LogP contribution in [0.25, 0.3) is 11.4 Å². The summed E-state index contributed by atoms with van der Waals surface area (Å²) in [6.45, 7) is 7.73. The van der Waals surface area contributed by atoms with Crippen molar-refractivity contribution in [3.05, 3.63) is 24.3 Å². The fraction of sp³-hybridized carbons (Fsp3) is 0.600. The minimum Gasteiger partial charge on any atom is -0.385 e. The van der Waals surface area contributed by atoms with E-state index >= 15 is 0 Å². The topological polar surface area (TPSA) is 86.5 Å². The molecule has 10 heteroatoms. The van der Waals surface area contributed by atoms with Crippen LogP contribution < -0.4 is 0 Å². The van der Waals surface area contributed by atoms with E-state index in [2.05, 4.69) is 10.2 Å². The molecule has 0 amide bonds. The second-order valence-electron chi connectivity index (χ2n) is 6.79. The van der Waals surface area contributed by atoms with Gasteiger partial charge in [-0.2, -0.15) is 4.31 Å². The Hall–Kier alpha value is -1.46. The Morgan fingerprint density at radius 2 is 1.90 bits per heavy atom. The molecule has 0 radical (unpaired) electrons. The van der Waals surface area contributed by atoms with Crippen molar-refractivity contribution in [2.75, 3.05) is 46.3 Å². The van der Waals surface area contributed by atoms with Crippen LogP contribution in [0.3, 0.4) is 0 Å². The van der Waals surface area contributed by atoms with Crippen LogP contribution in [0.2, 0.25) is 0 Å². The first kappa shape index (κ1) is 24.8. The zero-order chi connectivity index (χ0) is 22.1. The number of hydrogen-bond donors (Lipinski definition) is 0. The molecule has 0 saturated heterocycles. The smallest absolute Gasteiger partial charge is 0.243 e. The third-order valence-corrected chi connectivity index (χ3v) is 7.75. The molecule has 1 aromatic heterocycles. The van der Waals surface area contributed by atoms with Crippen molar-refractivity contribution >= 4 is 21.8 Å². The van der Waals surface area contributed by atoms with E-state index in [0.717, 1.165) is 17.3 Å². The molecule has 0 saturated carbocycles. The van der Waals surface area contributed by atoms with Gasteiger partial charge in [-0.1, -0.05) is 37.7 Å². The quantitative estimate of drug-likeness (QED) is 0.338. The maximum absolute atomic E-state index is 13.0. The van der Waals surface area contributed by atoms with Gasteiger partial charge in [-0.15, -0.1) is 10.2 Å². The Morgan fingerprint density at radius 1 is 1.17 bits per heavy atom. The van der Waals surface area contributed by atoms with Crippen molar-refractivity contribution in [2.24, 2.45) is 0 Å². The normalized spacial score (nSPS) is 13.1. The van der Waals surface area contributed by atoms with Crippen LogP contribution in [0.15, 0.2) is 34.3 Å². The number of hydrogen-bond acceptors (Lipinski definition) is 7. The first-order chi connectivity index (χ1) is 14.4. The summed E-state index contributed by atoms with van der Waals surface area (Å²) >= 11 is 1.61. The van der Waals surface area contributed by atoms with Gasteiger partial charge in [0.1, 0.15) is 0 Å². The highest BCUT2D eigenvalue weighted by Crippen LogP contribution is 2.30. The highest BCUT2D eigenvalue weighted by atomic mass is 32.2. The fourth-order valence-electron chi connectivity index (χ4n) is 3.16. The summed E-state index contributed by atoms with van der Waals surface area (Å²) in [6.07, 6.45) is 0.902. The Kier molecular flexibility index (Phi) is 9.76. The molecule has 2 rings (SSSR count). The van der Waals surface area contributed by atoms with E-state index in [1.165, 1.54) is 4.31 Å². The Labute approximate surface area is 184 Å². The Bertz CT molecular complexity index is 898. The van der Waals surface area contributed by atoms with Crippen molar-refractivity contribution in [3.63, 3.8) is 0 Å². The first-order valence-corrected chi connectivity index (χ1v) is 12.5. The number of thioether (sulfide) groups is 1. The molecule has 0 N–H and O–H groups in total. The summed E-state index contributed by atoms with van der Waals surface area (Å²) in [4.78, 5) is 0.256. The molecule has 1 aromatic carbocycles. The Morgan fingerprint density at radius 3 is 2.53 bits per heavy atom. The van der Waals surface area contributed by atoms with Crippen molar-refractivity contribution in [1.29, 1.82) is 0 Å². The monoisotopic (exact) mass is 456 g/mol. The molecule has 1 atom stereocenters. The van der Waals surface area contributed by atoms with Gasteiger partial charge >= 0.3 is 0 Å². The molecule has 0 bridgehead atoms. The first-order valence-electron chi connectivity index (χ1n) is 10.1. The maximum Gasteiger partial charge on any atom is 0.243 e. The van der Waals surface area contributed by atoms with E-state index < -0.39 is 10.0 Å². The lowest BCUT2D eigenvalue weighted by atomic mass is 10.2. The number of aromatic nitrogens is 3. The lowest BCUT2D eigenvalue weighted by Crippen LogP contribution is -2.30. The predicted octanol–water partition coefficient (Wildman–Crippen LogP) is 3.31. The van der Waals surface area contributed by atoms with Gasteiger partial charge in [0.2, 0.25) is 10.0 Å². The van der Waals surface area contributed by atoms with Gasteiger partial charge in [0.15, 0.2) is 11.0 Å². The van der Waals surface area contributed by atoms with Crippen molar-refractivity contribution in [1.82, 2.24) is 19.1 Å². The average molecular weight is 457 g/mol. The molecule has 8 nitrogen and oxygen atoms in total. The number of benzene rings is 1. The molecule has 1 unspecified atom stereocenters. The second kappa shape index (κ2) is 11.8. The zero-order valence-electron chi connectivity index (χ0n) is 18.4. The molecule has 168 valence electrons. The molecular weight excluding hydrogens is 424 g/mol. The fourth-order valence-corrected chi connectivity index (χ4v) is 5.61. The van der Waals surface area contributed by atoms with E-state index in [4.69, 9.17) is 9.47 Å². The van der Waals surface area contributed by atoms with Crippen molar-refractivity contribution < 1.29 is 17.9 Å². The predicted molar refractivity (Wildman–Crippen MR) is 119 cm³/mol. The standard InChI is InChI=1S/C20H32N4O4S2/c1-6-23(7-2)30(25,26)18-11-8-10-17(14-18)19-21-22-20(29-13-9-12-27-4)24(19)16(3)15-28-5/h8,10-11,14,16H,6-7,9,12-13,15H2,1-5H3. The number of rotatable bonds is 13. The second-order valence-corrected chi connectivity index (χ2v) is 9.79. The number of nitrogens with zero attached hydrogens (tertiary/aromatic N) is 4. The van der Waals surface area contributed by atoms with Crippen LogP contribution in [0.1, 0.15) is 33.2 Å². The van der Waals surface area contributed by atoms with Gasteiger partial charge in [-0.3, -0.25) is 4.57 Å². The van der Waals surface area contributed by atoms with E-state index in [1.807, 2.05) is 31.4 Å². The van der Waals surface area contributed by atoms with Crippen LogP contribution in [-0.2, 0) is 19.5 Å². The minimum atomic E-state index is -3.56. The third-order valence-electron chi connectivity index (χ3n) is 4.67. The van der Waals surface area contributed by atoms with E-state index in [0.29, 0.717) is 37.7 Å². The van der Waals surface area contributed by atoms with Crippen LogP contribution in [0.5, 0.6) is 0 Å². The number of ether oxygens (including phenoxy) is 2. The number of sulfonamides is 1. The zero-order valence-corrected chi connectivity index (χ0v) is 20.0.